The lowest BCUT2D eigenvalue weighted by atomic mass is 10.1. The second-order valence-electron chi connectivity index (χ2n) is 6.16. The minimum absolute atomic E-state index is 0. The fourth-order valence-corrected chi connectivity index (χ4v) is 3.64. The van der Waals surface area contributed by atoms with Crippen molar-refractivity contribution in [3.63, 3.8) is 0 Å². The number of carbonyl (C=O) groups excluding carboxylic acids is 2. The number of halogens is 1. The molecule has 0 saturated carbocycles. The maximum atomic E-state index is 12.6. The quantitative estimate of drug-likeness (QED) is 0.543. The molecule has 2 heterocycles. The van der Waals surface area contributed by atoms with Crippen molar-refractivity contribution in [3.8, 4) is 0 Å². The summed E-state index contributed by atoms with van der Waals surface area (Å²) in [5, 5.41) is 13.4. The van der Waals surface area contributed by atoms with Crippen molar-refractivity contribution in [1.82, 2.24) is 20.1 Å². The van der Waals surface area contributed by atoms with Crippen molar-refractivity contribution in [2.75, 3.05) is 17.7 Å². The van der Waals surface area contributed by atoms with Crippen molar-refractivity contribution < 1.29 is 9.59 Å². The number of thiazole rings is 1. The Balaban J connectivity index is 0.00000280. The van der Waals surface area contributed by atoms with Gasteiger partial charge in [0.25, 0.3) is 0 Å². The van der Waals surface area contributed by atoms with Gasteiger partial charge in [0.1, 0.15) is 6.04 Å². The molecule has 1 unspecified atom stereocenters. The molecule has 1 atom stereocenters. The summed E-state index contributed by atoms with van der Waals surface area (Å²) in [6, 6.07) is 4.99. The van der Waals surface area contributed by atoms with E-state index in [0.717, 1.165) is 22.2 Å². The van der Waals surface area contributed by atoms with Crippen LogP contribution in [0.5, 0.6) is 0 Å². The van der Waals surface area contributed by atoms with Crippen LogP contribution in [0, 0.1) is 0 Å². The molecule has 150 valence electrons. The lowest BCUT2D eigenvalue weighted by molar-refractivity contribution is -0.118. The van der Waals surface area contributed by atoms with Gasteiger partial charge in [0, 0.05) is 30.9 Å². The van der Waals surface area contributed by atoms with Crippen LogP contribution >= 0.6 is 23.7 Å². The molecule has 2 amide bonds. The zero-order valence-corrected chi connectivity index (χ0v) is 17.5. The lowest BCUT2D eigenvalue weighted by Crippen LogP contribution is -2.30. The zero-order chi connectivity index (χ0) is 19.4. The van der Waals surface area contributed by atoms with E-state index in [1.807, 2.05) is 26.1 Å². The number of nitrogens with one attached hydrogen (secondary N) is 3. The molecule has 3 N–H and O–H groups in total. The third-order valence-electron chi connectivity index (χ3n) is 3.99. The summed E-state index contributed by atoms with van der Waals surface area (Å²) in [6.07, 6.45) is 4.73. The monoisotopic (exact) mass is 422 g/mol. The number of rotatable bonds is 7. The van der Waals surface area contributed by atoms with Gasteiger partial charge in [-0.2, -0.15) is 5.10 Å². The minimum Gasteiger partial charge on any atom is -0.324 e. The molecule has 3 aromatic rings. The van der Waals surface area contributed by atoms with Crippen LogP contribution in [0.25, 0.3) is 10.2 Å². The average molecular weight is 423 g/mol. The molecular weight excluding hydrogens is 400 g/mol. The molecular formula is C18H23ClN6O2S. The topological polar surface area (TPSA) is 101 Å². The standard InChI is InChI=1S/C18H22N6O2S.ClH/c1-4-5-15(25)23-18-22-13-7-6-12(8-14(13)27-18)21-17(26)16(19-2)11-9-20-24(3)10-11;/h6-10,16,19H,4-5H2,1-3H3,(H,21,26)(H,22,23,25);1H. The Hall–Kier alpha value is -2.49. The van der Waals surface area contributed by atoms with Gasteiger partial charge < -0.3 is 16.0 Å². The van der Waals surface area contributed by atoms with Gasteiger partial charge in [-0.05, 0) is 31.7 Å². The molecule has 1 aromatic carbocycles. The number of aromatic nitrogens is 3. The van der Waals surface area contributed by atoms with E-state index in [-0.39, 0.29) is 24.2 Å². The number of hydrogen-bond acceptors (Lipinski definition) is 6. The zero-order valence-electron chi connectivity index (χ0n) is 15.9. The predicted octanol–water partition coefficient (Wildman–Crippen LogP) is 3.09. The van der Waals surface area contributed by atoms with Crippen LogP contribution in [0.15, 0.2) is 30.6 Å². The first-order chi connectivity index (χ1) is 13.0. The number of nitrogens with zero attached hydrogens (tertiary/aromatic N) is 3. The first-order valence-electron chi connectivity index (χ1n) is 8.67. The normalized spacial score (nSPS) is 11.7. The van der Waals surface area contributed by atoms with E-state index < -0.39 is 6.04 Å². The Kier molecular flexibility index (Phi) is 7.50. The van der Waals surface area contributed by atoms with Crippen molar-refractivity contribution in [2.24, 2.45) is 7.05 Å². The van der Waals surface area contributed by atoms with Gasteiger partial charge in [-0.3, -0.25) is 14.3 Å². The molecule has 8 nitrogen and oxygen atoms in total. The molecule has 10 heteroatoms. The number of carbonyl (C=O) groups is 2. The first-order valence-corrected chi connectivity index (χ1v) is 9.49. The Morgan fingerprint density at radius 3 is 2.71 bits per heavy atom. The van der Waals surface area contributed by atoms with Crippen molar-refractivity contribution in [2.45, 2.75) is 25.8 Å². The molecule has 0 fully saturated rings. The van der Waals surface area contributed by atoms with Gasteiger partial charge >= 0.3 is 0 Å². The van der Waals surface area contributed by atoms with Crippen molar-refractivity contribution in [3.05, 3.63) is 36.2 Å². The summed E-state index contributed by atoms with van der Waals surface area (Å²) in [5.41, 5.74) is 2.24. The van der Waals surface area contributed by atoms with Gasteiger partial charge in [0.05, 0.1) is 16.4 Å². The van der Waals surface area contributed by atoms with Crippen molar-refractivity contribution >= 4 is 56.6 Å². The number of likely N-dealkylation sites (N-methyl/N-ethyl adjacent to an activating group) is 1. The highest BCUT2D eigenvalue weighted by Crippen LogP contribution is 2.29. The number of fused-ring (bicyclic) bond motifs is 1. The van der Waals surface area contributed by atoms with Gasteiger partial charge in [-0.25, -0.2) is 4.98 Å². The summed E-state index contributed by atoms with van der Waals surface area (Å²) in [5.74, 6) is -0.218. The number of aryl methyl sites for hydroxylation is 1. The Labute approximate surface area is 173 Å². The molecule has 0 aliphatic heterocycles. The van der Waals surface area contributed by atoms with Gasteiger partial charge in [0.2, 0.25) is 11.8 Å². The average Bonchev–Trinajstić information content (AvgIpc) is 3.21. The molecule has 0 bridgehead atoms. The van der Waals surface area contributed by atoms with Gasteiger partial charge in [0.15, 0.2) is 5.13 Å². The smallest absolute Gasteiger partial charge is 0.246 e. The fourth-order valence-electron chi connectivity index (χ4n) is 2.72. The van der Waals surface area contributed by atoms with E-state index in [1.54, 1.807) is 30.2 Å². The second kappa shape index (κ2) is 9.63. The van der Waals surface area contributed by atoms with Crippen LogP contribution < -0.4 is 16.0 Å². The predicted molar refractivity (Wildman–Crippen MR) is 114 cm³/mol. The van der Waals surface area contributed by atoms with Crippen LogP contribution in [0.4, 0.5) is 10.8 Å². The molecule has 0 saturated heterocycles. The Morgan fingerprint density at radius 2 is 2.07 bits per heavy atom. The number of hydrogen-bond donors (Lipinski definition) is 3. The third-order valence-corrected chi connectivity index (χ3v) is 4.92. The molecule has 0 aliphatic rings. The van der Waals surface area contributed by atoms with Crippen LogP contribution in [-0.2, 0) is 16.6 Å². The maximum absolute atomic E-state index is 12.6. The number of anilines is 2. The molecule has 2 aromatic heterocycles. The number of amides is 2. The van der Waals surface area contributed by atoms with Crippen LogP contribution in [0.2, 0.25) is 0 Å². The number of benzene rings is 1. The van der Waals surface area contributed by atoms with Gasteiger partial charge in [-0.1, -0.05) is 18.3 Å². The van der Waals surface area contributed by atoms with E-state index in [1.165, 1.54) is 11.3 Å². The van der Waals surface area contributed by atoms with Crippen LogP contribution in [-0.4, -0.2) is 33.6 Å². The highest BCUT2D eigenvalue weighted by Gasteiger charge is 2.20. The molecule has 0 aliphatic carbocycles. The summed E-state index contributed by atoms with van der Waals surface area (Å²) >= 11 is 1.38. The minimum atomic E-state index is -0.500. The summed E-state index contributed by atoms with van der Waals surface area (Å²) in [4.78, 5) is 28.8. The Morgan fingerprint density at radius 1 is 1.29 bits per heavy atom. The Bertz CT molecular complexity index is 970. The van der Waals surface area contributed by atoms with Crippen molar-refractivity contribution in [1.29, 1.82) is 0 Å². The highest BCUT2D eigenvalue weighted by atomic mass is 35.5. The van der Waals surface area contributed by atoms with Crippen LogP contribution in [0.1, 0.15) is 31.4 Å². The van der Waals surface area contributed by atoms with E-state index >= 15 is 0 Å². The lowest BCUT2D eigenvalue weighted by Gasteiger charge is -2.14. The van der Waals surface area contributed by atoms with E-state index in [4.69, 9.17) is 0 Å². The van der Waals surface area contributed by atoms with Crippen LogP contribution in [0.3, 0.4) is 0 Å². The summed E-state index contributed by atoms with van der Waals surface area (Å²) in [6.45, 7) is 1.96. The van der Waals surface area contributed by atoms with E-state index in [2.05, 4.69) is 26.0 Å². The van der Waals surface area contributed by atoms with E-state index in [9.17, 15) is 9.59 Å². The maximum Gasteiger partial charge on any atom is 0.246 e. The summed E-state index contributed by atoms with van der Waals surface area (Å²) in [7, 11) is 3.54. The molecule has 3 rings (SSSR count). The summed E-state index contributed by atoms with van der Waals surface area (Å²) < 4.78 is 2.55. The highest BCUT2D eigenvalue weighted by molar-refractivity contribution is 7.22. The molecule has 0 spiro atoms. The second-order valence-corrected chi connectivity index (χ2v) is 7.19. The van der Waals surface area contributed by atoms with Gasteiger partial charge in [-0.15, -0.1) is 12.4 Å². The molecule has 28 heavy (non-hydrogen) atoms. The first kappa shape index (κ1) is 21.8. The SMILES string of the molecule is CCCC(=O)Nc1nc2ccc(NC(=O)C(NC)c3cnn(C)c3)cc2s1.Cl. The van der Waals surface area contributed by atoms with E-state index in [0.29, 0.717) is 17.2 Å². The fraction of sp³-hybridized carbons (Fsp3) is 0.333. The third kappa shape index (κ3) is 5.06. The molecule has 0 radical (unpaired) electrons. The largest absolute Gasteiger partial charge is 0.324 e.